The molecule has 0 aromatic rings. The minimum Gasteiger partial charge on any atom is -0.355 e. The van der Waals surface area contributed by atoms with Crippen molar-refractivity contribution in [2.45, 2.75) is 31.7 Å². The van der Waals surface area contributed by atoms with Crippen LogP contribution in [0.3, 0.4) is 0 Å². The highest BCUT2D eigenvalue weighted by molar-refractivity contribution is 5.78. The summed E-state index contributed by atoms with van der Waals surface area (Å²) in [7, 11) is 0. The van der Waals surface area contributed by atoms with Crippen LogP contribution in [-0.4, -0.2) is 49.6 Å². The SMILES string of the molecule is O=C(CN1CCCC2CNCC21)NCC1CC1. The van der Waals surface area contributed by atoms with Crippen molar-refractivity contribution in [3.8, 4) is 0 Å². The molecule has 2 saturated heterocycles. The fourth-order valence-electron chi connectivity index (χ4n) is 3.18. The second-order valence-corrected chi connectivity index (χ2v) is 5.85. The second kappa shape index (κ2) is 4.94. The first kappa shape index (κ1) is 11.5. The number of hydrogen-bond donors (Lipinski definition) is 2. The number of nitrogens with zero attached hydrogens (tertiary/aromatic N) is 1. The molecule has 2 unspecified atom stereocenters. The molecule has 0 radical (unpaired) electrons. The number of likely N-dealkylation sites (tertiary alicyclic amines) is 1. The fourth-order valence-corrected chi connectivity index (χ4v) is 3.18. The van der Waals surface area contributed by atoms with Crippen LogP contribution in [0.25, 0.3) is 0 Å². The summed E-state index contributed by atoms with van der Waals surface area (Å²) in [5, 5.41) is 6.53. The number of nitrogens with one attached hydrogen (secondary N) is 2. The third-order valence-corrected chi connectivity index (χ3v) is 4.42. The second-order valence-electron chi connectivity index (χ2n) is 5.85. The average molecular weight is 237 g/mol. The van der Waals surface area contributed by atoms with Crippen molar-refractivity contribution in [2.75, 3.05) is 32.7 Å². The summed E-state index contributed by atoms with van der Waals surface area (Å²) in [6.45, 7) is 4.82. The molecule has 2 atom stereocenters. The van der Waals surface area contributed by atoms with Crippen molar-refractivity contribution in [3.05, 3.63) is 0 Å². The highest BCUT2D eigenvalue weighted by atomic mass is 16.2. The molecule has 4 heteroatoms. The maximum Gasteiger partial charge on any atom is 0.234 e. The van der Waals surface area contributed by atoms with E-state index in [2.05, 4.69) is 15.5 Å². The van der Waals surface area contributed by atoms with Crippen molar-refractivity contribution in [1.82, 2.24) is 15.5 Å². The van der Waals surface area contributed by atoms with E-state index in [1.165, 1.54) is 25.7 Å². The number of rotatable bonds is 4. The highest BCUT2D eigenvalue weighted by Crippen LogP contribution is 2.28. The van der Waals surface area contributed by atoms with Gasteiger partial charge in [-0.05, 0) is 50.6 Å². The molecule has 17 heavy (non-hydrogen) atoms. The number of fused-ring (bicyclic) bond motifs is 1. The van der Waals surface area contributed by atoms with E-state index in [0.717, 1.165) is 38.0 Å². The average Bonchev–Trinajstić information content (AvgIpc) is 3.03. The standard InChI is InChI=1S/C13H23N3O/c17-13(15-6-10-3-4-10)9-16-5-1-2-11-7-14-8-12(11)16/h10-12,14H,1-9H2,(H,15,17). The predicted molar refractivity (Wildman–Crippen MR) is 66.7 cm³/mol. The van der Waals surface area contributed by atoms with Gasteiger partial charge in [0.2, 0.25) is 5.91 Å². The van der Waals surface area contributed by atoms with E-state index in [1.807, 2.05) is 0 Å². The van der Waals surface area contributed by atoms with Gasteiger partial charge in [-0.15, -0.1) is 0 Å². The van der Waals surface area contributed by atoms with E-state index < -0.39 is 0 Å². The zero-order valence-corrected chi connectivity index (χ0v) is 10.5. The molecule has 0 aromatic heterocycles. The lowest BCUT2D eigenvalue weighted by Crippen LogP contribution is -2.49. The zero-order chi connectivity index (χ0) is 11.7. The summed E-state index contributed by atoms with van der Waals surface area (Å²) in [6, 6.07) is 0.607. The molecule has 1 saturated carbocycles. The Morgan fingerprint density at radius 3 is 3.00 bits per heavy atom. The van der Waals surface area contributed by atoms with E-state index in [9.17, 15) is 4.79 Å². The number of carbonyl (C=O) groups excluding carboxylic acids is 1. The Morgan fingerprint density at radius 1 is 1.29 bits per heavy atom. The van der Waals surface area contributed by atoms with Gasteiger partial charge in [-0.25, -0.2) is 0 Å². The van der Waals surface area contributed by atoms with Crippen LogP contribution in [0.15, 0.2) is 0 Å². The Hall–Kier alpha value is -0.610. The maximum absolute atomic E-state index is 11.9. The van der Waals surface area contributed by atoms with E-state index in [1.54, 1.807) is 0 Å². The van der Waals surface area contributed by atoms with Gasteiger partial charge in [0.1, 0.15) is 0 Å². The van der Waals surface area contributed by atoms with Gasteiger partial charge in [0.15, 0.2) is 0 Å². The molecule has 0 aromatic carbocycles. The van der Waals surface area contributed by atoms with E-state index in [4.69, 9.17) is 0 Å². The first-order chi connectivity index (χ1) is 8.33. The van der Waals surface area contributed by atoms with E-state index in [-0.39, 0.29) is 5.91 Å². The van der Waals surface area contributed by atoms with Gasteiger partial charge in [-0.2, -0.15) is 0 Å². The monoisotopic (exact) mass is 237 g/mol. The lowest BCUT2D eigenvalue weighted by molar-refractivity contribution is -0.123. The van der Waals surface area contributed by atoms with Crippen LogP contribution < -0.4 is 10.6 Å². The Kier molecular flexibility index (Phi) is 3.34. The molecule has 0 spiro atoms. The molecule has 2 N–H and O–H groups in total. The Morgan fingerprint density at radius 2 is 2.18 bits per heavy atom. The van der Waals surface area contributed by atoms with Gasteiger partial charge in [-0.1, -0.05) is 0 Å². The van der Waals surface area contributed by atoms with Crippen molar-refractivity contribution >= 4 is 5.91 Å². The molecule has 3 fully saturated rings. The molecule has 3 rings (SSSR count). The molecule has 1 amide bonds. The van der Waals surface area contributed by atoms with Crippen LogP contribution in [0, 0.1) is 11.8 Å². The summed E-state index contributed by atoms with van der Waals surface area (Å²) < 4.78 is 0. The molecule has 96 valence electrons. The molecule has 4 nitrogen and oxygen atoms in total. The Bertz CT molecular complexity index is 290. The highest BCUT2D eigenvalue weighted by Gasteiger charge is 2.35. The molecular formula is C13H23N3O. The summed E-state index contributed by atoms with van der Waals surface area (Å²) in [4.78, 5) is 14.2. The third kappa shape index (κ3) is 2.80. The summed E-state index contributed by atoms with van der Waals surface area (Å²) in [5.74, 6) is 1.78. The van der Waals surface area contributed by atoms with Gasteiger partial charge in [0.05, 0.1) is 6.54 Å². The van der Waals surface area contributed by atoms with Gasteiger partial charge >= 0.3 is 0 Å². The number of piperidine rings is 1. The van der Waals surface area contributed by atoms with Crippen molar-refractivity contribution in [1.29, 1.82) is 0 Å². The topological polar surface area (TPSA) is 44.4 Å². The van der Waals surface area contributed by atoms with Gasteiger partial charge in [0, 0.05) is 19.1 Å². The summed E-state index contributed by atoms with van der Waals surface area (Å²) in [6.07, 6.45) is 5.19. The Labute approximate surface area is 103 Å². The molecule has 1 aliphatic carbocycles. The number of hydrogen-bond acceptors (Lipinski definition) is 3. The zero-order valence-electron chi connectivity index (χ0n) is 10.5. The fraction of sp³-hybridized carbons (Fsp3) is 0.923. The van der Waals surface area contributed by atoms with Crippen molar-refractivity contribution < 1.29 is 4.79 Å². The first-order valence-corrected chi connectivity index (χ1v) is 7.04. The van der Waals surface area contributed by atoms with Gasteiger partial charge in [-0.3, -0.25) is 9.69 Å². The maximum atomic E-state index is 11.9. The molecule has 2 heterocycles. The van der Waals surface area contributed by atoms with Crippen LogP contribution in [0.2, 0.25) is 0 Å². The van der Waals surface area contributed by atoms with Crippen LogP contribution in [-0.2, 0) is 4.79 Å². The molecule has 0 bridgehead atoms. The van der Waals surface area contributed by atoms with Crippen LogP contribution in [0.4, 0.5) is 0 Å². The molecule has 3 aliphatic rings. The number of amides is 1. The third-order valence-electron chi connectivity index (χ3n) is 4.42. The number of carbonyl (C=O) groups is 1. The van der Waals surface area contributed by atoms with Gasteiger partial charge < -0.3 is 10.6 Å². The van der Waals surface area contributed by atoms with E-state index >= 15 is 0 Å². The van der Waals surface area contributed by atoms with E-state index in [0.29, 0.717) is 12.6 Å². The van der Waals surface area contributed by atoms with Crippen LogP contribution >= 0.6 is 0 Å². The lowest BCUT2D eigenvalue weighted by Gasteiger charge is -2.36. The Balaban J connectivity index is 1.47. The predicted octanol–water partition coefficient (Wildman–Crippen LogP) is 0.196. The van der Waals surface area contributed by atoms with Crippen molar-refractivity contribution in [3.63, 3.8) is 0 Å². The minimum absolute atomic E-state index is 0.226. The molecular weight excluding hydrogens is 214 g/mol. The first-order valence-electron chi connectivity index (χ1n) is 7.04. The lowest BCUT2D eigenvalue weighted by atomic mass is 9.92. The summed E-state index contributed by atoms with van der Waals surface area (Å²) in [5.41, 5.74) is 0. The van der Waals surface area contributed by atoms with Crippen LogP contribution in [0.1, 0.15) is 25.7 Å². The smallest absolute Gasteiger partial charge is 0.234 e. The summed E-state index contributed by atoms with van der Waals surface area (Å²) >= 11 is 0. The largest absolute Gasteiger partial charge is 0.355 e. The van der Waals surface area contributed by atoms with Crippen LogP contribution in [0.5, 0.6) is 0 Å². The molecule has 2 aliphatic heterocycles. The normalized spacial score (nSPS) is 33.4. The quantitative estimate of drug-likeness (QED) is 0.734. The van der Waals surface area contributed by atoms with Crippen molar-refractivity contribution in [2.24, 2.45) is 11.8 Å². The van der Waals surface area contributed by atoms with Gasteiger partial charge in [0.25, 0.3) is 0 Å². The minimum atomic E-state index is 0.226.